The SMILES string of the molecule is CCC=COC[C@H]1CC[C@H]([C@H]2CC[C@H](COCCCC)CC2)CC1. The van der Waals surface area contributed by atoms with Crippen molar-refractivity contribution >= 4 is 0 Å². The van der Waals surface area contributed by atoms with Gasteiger partial charge >= 0.3 is 0 Å². The van der Waals surface area contributed by atoms with Crippen LogP contribution in [0.3, 0.4) is 0 Å². The van der Waals surface area contributed by atoms with Crippen molar-refractivity contribution in [2.24, 2.45) is 23.7 Å². The summed E-state index contributed by atoms with van der Waals surface area (Å²) in [7, 11) is 0. The molecule has 0 N–H and O–H groups in total. The Labute approximate surface area is 150 Å². The van der Waals surface area contributed by atoms with Crippen LogP contribution >= 0.6 is 0 Å². The highest BCUT2D eigenvalue weighted by Crippen LogP contribution is 2.41. The van der Waals surface area contributed by atoms with Gasteiger partial charge in [-0.25, -0.2) is 0 Å². The minimum Gasteiger partial charge on any atom is -0.501 e. The molecule has 2 aliphatic rings. The Morgan fingerprint density at radius 3 is 1.92 bits per heavy atom. The second-order valence-corrected chi connectivity index (χ2v) is 8.10. The van der Waals surface area contributed by atoms with E-state index in [4.69, 9.17) is 9.47 Å². The third-order valence-electron chi connectivity index (χ3n) is 6.21. The molecule has 2 saturated carbocycles. The minimum atomic E-state index is 0.797. The van der Waals surface area contributed by atoms with Crippen LogP contribution in [0.25, 0.3) is 0 Å². The van der Waals surface area contributed by atoms with Crippen LogP contribution < -0.4 is 0 Å². The highest BCUT2D eigenvalue weighted by molar-refractivity contribution is 4.82. The molecule has 2 heteroatoms. The van der Waals surface area contributed by atoms with E-state index in [-0.39, 0.29) is 0 Å². The second kappa shape index (κ2) is 12.0. The van der Waals surface area contributed by atoms with Gasteiger partial charge in [0, 0.05) is 13.2 Å². The largest absolute Gasteiger partial charge is 0.501 e. The Kier molecular flexibility index (Phi) is 9.87. The van der Waals surface area contributed by atoms with Gasteiger partial charge in [0.1, 0.15) is 0 Å². The fourth-order valence-corrected chi connectivity index (χ4v) is 4.50. The molecule has 0 atom stereocenters. The van der Waals surface area contributed by atoms with Crippen LogP contribution in [0.2, 0.25) is 0 Å². The van der Waals surface area contributed by atoms with Gasteiger partial charge in [0.05, 0.1) is 12.9 Å². The first-order valence-corrected chi connectivity index (χ1v) is 10.7. The van der Waals surface area contributed by atoms with Crippen LogP contribution in [0.5, 0.6) is 0 Å². The van der Waals surface area contributed by atoms with E-state index in [0.29, 0.717) is 0 Å². The summed E-state index contributed by atoms with van der Waals surface area (Å²) in [4.78, 5) is 0. The maximum Gasteiger partial charge on any atom is 0.0901 e. The smallest absolute Gasteiger partial charge is 0.0901 e. The van der Waals surface area contributed by atoms with Crippen molar-refractivity contribution in [2.45, 2.75) is 84.5 Å². The number of rotatable bonds is 10. The molecule has 140 valence electrons. The monoisotopic (exact) mass is 336 g/mol. The van der Waals surface area contributed by atoms with Crippen molar-refractivity contribution in [1.29, 1.82) is 0 Å². The zero-order valence-electron chi connectivity index (χ0n) is 16.2. The number of hydrogen-bond acceptors (Lipinski definition) is 2. The summed E-state index contributed by atoms with van der Waals surface area (Å²) in [6.45, 7) is 7.30. The number of unbranched alkanes of at least 4 members (excludes halogenated alkanes) is 1. The molecule has 0 bridgehead atoms. The molecule has 0 radical (unpaired) electrons. The first-order valence-electron chi connectivity index (χ1n) is 10.7. The molecule has 0 spiro atoms. The molecule has 0 aromatic rings. The summed E-state index contributed by atoms with van der Waals surface area (Å²) in [6, 6.07) is 0. The lowest BCUT2D eigenvalue weighted by atomic mass is 9.69. The van der Waals surface area contributed by atoms with E-state index in [1.165, 1.54) is 64.2 Å². The Balaban J connectivity index is 1.56. The molecule has 2 nitrogen and oxygen atoms in total. The van der Waals surface area contributed by atoms with Gasteiger partial charge in [-0.2, -0.15) is 0 Å². The van der Waals surface area contributed by atoms with Gasteiger partial charge in [-0.1, -0.05) is 26.3 Å². The third kappa shape index (κ3) is 7.17. The van der Waals surface area contributed by atoms with Crippen LogP contribution in [0.1, 0.15) is 84.5 Å². The molecule has 0 saturated heterocycles. The maximum atomic E-state index is 5.84. The normalized spacial score (nSPS) is 31.4. The average molecular weight is 337 g/mol. The van der Waals surface area contributed by atoms with Crippen LogP contribution in [0.4, 0.5) is 0 Å². The molecule has 2 fully saturated rings. The topological polar surface area (TPSA) is 18.5 Å². The Morgan fingerprint density at radius 2 is 1.38 bits per heavy atom. The molecule has 2 aliphatic carbocycles. The van der Waals surface area contributed by atoms with Gasteiger partial charge in [0.2, 0.25) is 0 Å². The first kappa shape index (κ1) is 19.8. The molecule has 0 aliphatic heterocycles. The molecule has 0 unspecified atom stereocenters. The van der Waals surface area contributed by atoms with E-state index in [1.807, 2.05) is 6.26 Å². The van der Waals surface area contributed by atoms with E-state index < -0.39 is 0 Å². The number of allylic oxidation sites excluding steroid dienone is 1. The van der Waals surface area contributed by atoms with Gasteiger partial charge in [-0.3, -0.25) is 0 Å². The van der Waals surface area contributed by atoms with E-state index >= 15 is 0 Å². The lowest BCUT2D eigenvalue weighted by molar-refractivity contribution is 0.0600. The molecule has 0 heterocycles. The fourth-order valence-electron chi connectivity index (χ4n) is 4.50. The molecule has 0 aromatic carbocycles. The Morgan fingerprint density at radius 1 is 0.792 bits per heavy atom. The van der Waals surface area contributed by atoms with Gasteiger partial charge in [-0.05, 0) is 87.9 Å². The van der Waals surface area contributed by atoms with Crippen LogP contribution in [0.15, 0.2) is 12.3 Å². The molecule has 0 amide bonds. The summed E-state index contributed by atoms with van der Waals surface area (Å²) in [5, 5.41) is 0. The number of ether oxygens (including phenoxy) is 2. The van der Waals surface area contributed by atoms with Crippen LogP contribution in [-0.2, 0) is 9.47 Å². The fraction of sp³-hybridized carbons (Fsp3) is 0.909. The lowest BCUT2D eigenvalue weighted by Crippen LogP contribution is -2.28. The van der Waals surface area contributed by atoms with E-state index in [0.717, 1.165) is 49.9 Å². The van der Waals surface area contributed by atoms with Crippen molar-refractivity contribution < 1.29 is 9.47 Å². The molecular weight excluding hydrogens is 296 g/mol. The zero-order chi connectivity index (χ0) is 17.0. The van der Waals surface area contributed by atoms with Gasteiger partial charge in [0.25, 0.3) is 0 Å². The third-order valence-corrected chi connectivity index (χ3v) is 6.21. The van der Waals surface area contributed by atoms with Crippen molar-refractivity contribution in [1.82, 2.24) is 0 Å². The first-order chi connectivity index (χ1) is 11.8. The Bertz CT molecular complexity index is 323. The summed E-state index contributed by atoms with van der Waals surface area (Å²) in [5.41, 5.74) is 0. The van der Waals surface area contributed by atoms with Crippen LogP contribution in [0, 0.1) is 23.7 Å². The van der Waals surface area contributed by atoms with Crippen molar-refractivity contribution in [3.63, 3.8) is 0 Å². The van der Waals surface area contributed by atoms with Gasteiger partial charge in [0.15, 0.2) is 0 Å². The predicted molar refractivity (Wildman–Crippen MR) is 102 cm³/mol. The number of hydrogen-bond donors (Lipinski definition) is 0. The Hall–Kier alpha value is -0.500. The highest BCUT2D eigenvalue weighted by atomic mass is 16.5. The minimum absolute atomic E-state index is 0.797. The van der Waals surface area contributed by atoms with Crippen molar-refractivity contribution in [2.75, 3.05) is 19.8 Å². The zero-order valence-corrected chi connectivity index (χ0v) is 16.2. The highest BCUT2D eigenvalue weighted by Gasteiger charge is 2.30. The average Bonchev–Trinajstić information content (AvgIpc) is 2.64. The molecule has 24 heavy (non-hydrogen) atoms. The second-order valence-electron chi connectivity index (χ2n) is 8.10. The summed E-state index contributed by atoms with van der Waals surface area (Å²) < 4.78 is 11.5. The summed E-state index contributed by atoms with van der Waals surface area (Å²) >= 11 is 0. The summed E-state index contributed by atoms with van der Waals surface area (Å²) in [6.07, 6.45) is 18.9. The van der Waals surface area contributed by atoms with Crippen LogP contribution in [-0.4, -0.2) is 19.8 Å². The molecule has 2 rings (SSSR count). The maximum absolute atomic E-state index is 5.84. The van der Waals surface area contributed by atoms with Crippen molar-refractivity contribution in [3.05, 3.63) is 12.3 Å². The molecule has 0 aromatic heterocycles. The van der Waals surface area contributed by atoms with E-state index in [9.17, 15) is 0 Å². The summed E-state index contributed by atoms with van der Waals surface area (Å²) in [5.74, 6) is 3.63. The molecular formula is C22H40O2. The van der Waals surface area contributed by atoms with Crippen molar-refractivity contribution in [3.8, 4) is 0 Å². The van der Waals surface area contributed by atoms with Gasteiger partial charge < -0.3 is 9.47 Å². The lowest BCUT2D eigenvalue weighted by Gasteiger charge is -2.37. The van der Waals surface area contributed by atoms with E-state index in [1.54, 1.807) is 0 Å². The van der Waals surface area contributed by atoms with Gasteiger partial charge in [-0.15, -0.1) is 0 Å². The standard InChI is InChI=1S/C22H40O2/c1-3-5-15-23-17-19-7-11-21(12-8-19)22-13-9-20(10-14-22)18-24-16-6-4-2/h5,15,19-22H,3-4,6-14,16-18H2,1-2H3/t19-,20-,21-,22-. The van der Waals surface area contributed by atoms with E-state index in [2.05, 4.69) is 19.9 Å². The predicted octanol–water partition coefficient (Wildman–Crippen LogP) is 6.36. The quantitative estimate of drug-likeness (QED) is 0.341.